The lowest BCUT2D eigenvalue weighted by molar-refractivity contribution is 0.252. The van der Waals surface area contributed by atoms with Gasteiger partial charge in [0.15, 0.2) is 11.5 Å². The van der Waals surface area contributed by atoms with Gasteiger partial charge in [-0.15, -0.1) is 0 Å². The second-order valence-electron chi connectivity index (χ2n) is 15.2. The lowest BCUT2D eigenvalue weighted by Crippen LogP contribution is -2.14. The van der Waals surface area contributed by atoms with Crippen LogP contribution in [0.1, 0.15) is 39.3 Å². The smallest absolute Gasteiger partial charge is 0.161 e. The molecule has 0 N–H and O–H groups in total. The van der Waals surface area contributed by atoms with Crippen molar-refractivity contribution in [2.75, 3.05) is 60.0 Å². The van der Waals surface area contributed by atoms with E-state index in [1.54, 1.807) is 7.11 Å². The van der Waals surface area contributed by atoms with Gasteiger partial charge in [-0.3, -0.25) is 0 Å². The van der Waals surface area contributed by atoms with Crippen molar-refractivity contribution in [2.24, 2.45) is 0 Å². The summed E-state index contributed by atoms with van der Waals surface area (Å²) in [5.41, 5.74) is 10.6. The topological polar surface area (TPSA) is 96.3 Å². The number of aryl methyl sites for hydroxylation is 3. The molecule has 4 heterocycles. The van der Waals surface area contributed by atoms with E-state index in [1.165, 1.54) is 0 Å². The molecule has 9 heteroatoms. The van der Waals surface area contributed by atoms with E-state index < -0.39 is 0 Å². The molecule has 4 saturated heterocycles. The van der Waals surface area contributed by atoms with Crippen LogP contribution in [0.25, 0.3) is 22.3 Å². The molecule has 0 aliphatic carbocycles. The highest BCUT2D eigenvalue weighted by Crippen LogP contribution is 2.47. The Morgan fingerprint density at radius 2 is 0.929 bits per heavy atom. The van der Waals surface area contributed by atoms with Crippen LogP contribution in [0.5, 0.6) is 28.7 Å². The van der Waals surface area contributed by atoms with E-state index >= 15 is 0 Å². The van der Waals surface area contributed by atoms with E-state index in [1.807, 2.05) is 12.1 Å². The van der Waals surface area contributed by atoms with Gasteiger partial charge in [-0.25, -0.2) is 0 Å². The molecule has 0 aromatic heterocycles. The van der Waals surface area contributed by atoms with Gasteiger partial charge in [-0.2, -0.15) is 0 Å². The van der Waals surface area contributed by atoms with Crippen molar-refractivity contribution < 1.29 is 42.6 Å². The van der Waals surface area contributed by atoms with E-state index in [2.05, 4.69) is 99.6 Å². The summed E-state index contributed by atoms with van der Waals surface area (Å²) in [6.45, 7) is 11.3. The summed E-state index contributed by atoms with van der Waals surface area (Å²) in [5, 5.41) is 0. The number of epoxide rings is 4. The number of hydrogen-bond donors (Lipinski definition) is 0. The number of benzene rings is 5. The molecule has 9 rings (SSSR count). The molecular weight excluding hydrogens is 709 g/mol. The van der Waals surface area contributed by atoms with Gasteiger partial charge in [0, 0.05) is 17.0 Å². The maximum absolute atomic E-state index is 6.73. The first kappa shape index (κ1) is 36.6. The van der Waals surface area contributed by atoms with Crippen molar-refractivity contribution in [3.63, 3.8) is 0 Å². The molecule has 5 aromatic carbocycles. The molecule has 5 aromatic rings. The molecule has 4 fully saturated rings. The quantitative estimate of drug-likeness (QED) is 0.0647. The third-order valence-electron chi connectivity index (χ3n) is 10.7. The minimum absolute atomic E-state index is 0.0879. The van der Waals surface area contributed by atoms with E-state index in [0.29, 0.717) is 51.1 Å². The molecule has 4 aliphatic heterocycles. The van der Waals surface area contributed by atoms with Crippen molar-refractivity contribution in [1.82, 2.24) is 0 Å². The van der Waals surface area contributed by atoms with Crippen LogP contribution in [0.4, 0.5) is 0 Å². The minimum Gasteiger partial charge on any atom is -0.493 e. The summed E-state index contributed by atoms with van der Waals surface area (Å²) in [7, 11) is 1.67. The second kappa shape index (κ2) is 15.8. The Kier molecular flexibility index (Phi) is 10.3. The fourth-order valence-corrected chi connectivity index (χ4v) is 7.26. The van der Waals surface area contributed by atoms with Crippen molar-refractivity contribution in [3.05, 3.63) is 124 Å². The molecule has 56 heavy (non-hydrogen) atoms. The SMILES string of the molecule is COc1cc(-c2cc(C)c(OCC3CO3)c(C(c3ccccc3)c3cc(-c4ccc(OCC5CO5)c(C)c4)cc(C)c3OCC3CO3)c2)ccc1OCC1CO1. The summed E-state index contributed by atoms with van der Waals surface area (Å²) >= 11 is 0. The molecule has 5 atom stereocenters. The second-order valence-corrected chi connectivity index (χ2v) is 15.2. The fourth-order valence-electron chi connectivity index (χ4n) is 7.26. The molecule has 0 amide bonds. The average Bonchev–Trinajstić information content (AvgIpc) is 4.01. The summed E-state index contributed by atoms with van der Waals surface area (Å²) < 4.78 is 53.4. The highest BCUT2D eigenvalue weighted by molar-refractivity contribution is 5.74. The Balaban J connectivity index is 1.18. The zero-order valence-electron chi connectivity index (χ0n) is 32.4. The Morgan fingerprint density at radius 1 is 0.482 bits per heavy atom. The number of ether oxygens (including phenoxy) is 9. The van der Waals surface area contributed by atoms with E-state index in [9.17, 15) is 0 Å². The Morgan fingerprint density at radius 3 is 1.41 bits per heavy atom. The number of methoxy groups -OCH3 is 1. The highest BCUT2D eigenvalue weighted by atomic mass is 16.6. The van der Waals surface area contributed by atoms with Crippen molar-refractivity contribution >= 4 is 0 Å². The molecule has 0 saturated carbocycles. The first-order chi connectivity index (χ1) is 27.4. The molecular formula is C47H48O9. The minimum atomic E-state index is -0.260. The summed E-state index contributed by atoms with van der Waals surface area (Å²) in [6, 6.07) is 32.1. The molecule has 290 valence electrons. The van der Waals surface area contributed by atoms with Crippen molar-refractivity contribution in [3.8, 4) is 51.0 Å². The first-order valence-corrected chi connectivity index (χ1v) is 19.5. The molecule has 0 bridgehead atoms. The van der Waals surface area contributed by atoms with E-state index in [4.69, 9.17) is 42.6 Å². The van der Waals surface area contributed by atoms with E-state index in [0.717, 1.165) is 86.1 Å². The molecule has 0 spiro atoms. The van der Waals surface area contributed by atoms with Crippen LogP contribution in [0.3, 0.4) is 0 Å². The lowest BCUT2D eigenvalue weighted by atomic mass is 9.80. The third-order valence-corrected chi connectivity index (χ3v) is 10.7. The van der Waals surface area contributed by atoms with Gasteiger partial charge in [-0.05, 0) is 114 Å². The maximum atomic E-state index is 6.73. The zero-order valence-corrected chi connectivity index (χ0v) is 32.4. The van der Waals surface area contributed by atoms with Gasteiger partial charge < -0.3 is 42.6 Å². The third kappa shape index (κ3) is 8.51. The number of rotatable bonds is 18. The largest absolute Gasteiger partial charge is 0.493 e. The Bertz CT molecular complexity index is 2180. The lowest BCUT2D eigenvalue weighted by Gasteiger charge is -2.27. The predicted octanol–water partition coefficient (Wildman–Crippen LogP) is 8.25. The summed E-state index contributed by atoms with van der Waals surface area (Å²) in [5.74, 6) is 3.66. The molecule has 4 aliphatic rings. The number of hydrogen-bond acceptors (Lipinski definition) is 9. The maximum Gasteiger partial charge on any atom is 0.161 e. The van der Waals surface area contributed by atoms with E-state index in [-0.39, 0.29) is 30.3 Å². The van der Waals surface area contributed by atoms with Gasteiger partial charge in [0.1, 0.15) is 68.1 Å². The monoisotopic (exact) mass is 756 g/mol. The fraction of sp³-hybridized carbons (Fsp3) is 0.362. The van der Waals surface area contributed by atoms with Crippen LogP contribution in [-0.4, -0.2) is 84.4 Å². The van der Waals surface area contributed by atoms with Crippen molar-refractivity contribution in [1.29, 1.82) is 0 Å². The standard InChI is InChI=1S/C47H48O9/c1-28-14-32(10-12-42(28)53-24-36-20-49-36)34-15-29(2)46(55-26-38-22-51-38)40(17-34)45(31-8-6-5-7-9-31)41-18-35(16-30(3)47(41)56-27-39-23-52-39)33-11-13-43(44(19-33)48-4)54-25-37-21-50-37/h5-19,36-39,45H,20-27H2,1-4H3. The van der Waals surface area contributed by atoms with Gasteiger partial charge in [0.25, 0.3) is 0 Å². The summed E-state index contributed by atoms with van der Waals surface area (Å²) in [4.78, 5) is 0. The van der Waals surface area contributed by atoms with Crippen LogP contribution in [-0.2, 0) is 18.9 Å². The summed E-state index contributed by atoms with van der Waals surface area (Å²) in [6.07, 6.45) is 0.518. The Hall–Kier alpha value is -5.06. The molecule has 0 radical (unpaired) electrons. The van der Waals surface area contributed by atoms with Crippen molar-refractivity contribution in [2.45, 2.75) is 51.1 Å². The van der Waals surface area contributed by atoms with Crippen LogP contribution >= 0.6 is 0 Å². The van der Waals surface area contributed by atoms with Crippen LogP contribution in [0, 0.1) is 20.8 Å². The first-order valence-electron chi connectivity index (χ1n) is 19.5. The normalized spacial score (nSPS) is 20.9. The van der Waals surface area contributed by atoms with Crippen LogP contribution in [0.2, 0.25) is 0 Å². The van der Waals surface area contributed by atoms with Gasteiger partial charge >= 0.3 is 0 Å². The van der Waals surface area contributed by atoms with Crippen LogP contribution < -0.4 is 23.7 Å². The highest BCUT2D eigenvalue weighted by Gasteiger charge is 2.32. The van der Waals surface area contributed by atoms with Crippen LogP contribution in [0.15, 0.2) is 91.0 Å². The average molecular weight is 757 g/mol. The Labute approximate surface area is 328 Å². The van der Waals surface area contributed by atoms with Gasteiger partial charge in [-0.1, -0.05) is 42.5 Å². The van der Waals surface area contributed by atoms with Gasteiger partial charge in [0.05, 0.1) is 33.5 Å². The molecule has 5 unspecified atom stereocenters. The zero-order chi connectivity index (χ0) is 38.2. The predicted molar refractivity (Wildman–Crippen MR) is 213 cm³/mol. The molecule has 9 nitrogen and oxygen atoms in total. The van der Waals surface area contributed by atoms with Gasteiger partial charge in [0.2, 0.25) is 0 Å².